The Labute approximate surface area is 184 Å². The highest BCUT2D eigenvalue weighted by molar-refractivity contribution is 8.77. The van der Waals surface area contributed by atoms with Crippen LogP contribution in [-0.4, -0.2) is 41.3 Å². The molecule has 29 heavy (non-hydrogen) atoms. The molecule has 0 amide bonds. The Hall–Kier alpha value is -0.480. The van der Waals surface area contributed by atoms with Gasteiger partial charge in [0.25, 0.3) is 8.53 Å². The number of ether oxygens (including phenoxy) is 1. The van der Waals surface area contributed by atoms with Gasteiger partial charge in [0.2, 0.25) is 0 Å². The first kappa shape index (κ1) is 23.2. The molecule has 1 saturated heterocycles. The molecule has 0 N–H and O–H groups in total. The van der Waals surface area contributed by atoms with Crippen molar-refractivity contribution in [2.75, 3.05) is 13.7 Å². The van der Waals surface area contributed by atoms with Crippen LogP contribution >= 0.6 is 30.1 Å². The van der Waals surface area contributed by atoms with Crippen LogP contribution in [0.4, 0.5) is 0 Å². The van der Waals surface area contributed by atoms with E-state index in [-0.39, 0.29) is 16.1 Å². The first-order chi connectivity index (χ1) is 13.9. The lowest BCUT2D eigenvalue weighted by atomic mass is 10.0. The Kier molecular flexibility index (Phi) is 8.17. The fourth-order valence-electron chi connectivity index (χ4n) is 3.58. The van der Waals surface area contributed by atoms with Crippen molar-refractivity contribution in [2.24, 2.45) is 0 Å². The Bertz CT molecular complexity index is 699. The molecular weight excluding hydrogens is 423 g/mol. The summed E-state index contributed by atoms with van der Waals surface area (Å²) in [5.74, 6) is 0.871. The first-order valence-corrected chi connectivity index (χ1v) is 13.5. The monoisotopic (exact) mass is 454 g/mol. The minimum absolute atomic E-state index is 0.0964. The van der Waals surface area contributed by atoms with Gasteiger partial charge in [-0.2, -0.15) is 5.26 Å². The van der Waals surface area contributed by atoms with E-state index in [1.807, 2.05) is 33.7 Å². The fourth-order valence-corrected chi connectivity index (χ4v) is 9.48. The quantitative estimate of drug-likeness (QED) is 0.233. The van der Waals surface area contributed by atoms with Crippen LogP contribution in [0.2, 0.25) is 0 Å². The summed E-state index contributed by atoms with van der Waals surface area (Å²) in [6.45, 7) is 9.12. The molecule has 1 aromatic rings. The molecule has 1 aliphatic carbocycles. The standard InChI is InChI=1S/C21H31N2O3PS2/c1-15(2)23(16(3)4)27(25-14-6-13-22)26-20-19(28-29-21(20)11-12-21)17-7-9-18(24-5)10-8-17/h7-10,15-16,19-20H,6,11-12,14H2,1-5H3/t19-,20+,27?/m0/s1. The lowest BCUT2D eigenvalue weighted by Crippen LogP contribution is -2.36. The van der Waals surface area contributed by atoms with Gasteiger partial charge < -0.3 is 13.8 Å². The van der Waals surface area contributed by atoms with E-state index in [1.54, 1.807) is 7.11 Å². The maximum absolute atomic E-state index is 8.95. The van der Waals surface area contributed by atoms with Gasteiger partial charge in [0.05, 0.1) is 42.3 Å². The van der Waals surface area contributed by atoms with Crippen LogP contribution in [-0.2, 0) is 9.05 Å². The van der Waals surface area contributed by atoms with Crippen LogP contribution in [0.3, 0.4) is 0 Å². The molecule has 5 nitrogen and oxygen atoms in total. The van der Waals surface area contributed by atoms with Gasteiger partial charge in [-0.25, -0.2) is 4.67 Å². The van der Waals surface area contributed by atoms with Crippen molar-refractivity contribution in [3.8, 4) is 11.8 Å². The number of benzene rings is 1. The zero-order valence-corrected chi connectivity index (χ0v) is 20.4. The molecule has 2 aliphatic rings. The summed E-state index contributed by atoms with van der Waals surface area (Å²) in [6.07, 6.45) is 2.85. The molecule has 2 fully saturated rings. The van der Waals surface area contributed by atoms with Gasteiger partial charge in [0.15, 0.2) is 0 Å². The van der Waals surface area contributed by atoms with Crippen molar-refractivity contribution >= 4 is 30.1 Å². The number of methoxy groups -OCH3 is 1. The second-order valence-corrected chi connectivity index (χ2v) is 12.2. The van der Waals surface area contributed by atoms with Gasteiger partial charge in [-0.3, -0.25) is 0 Å². The normalized spacial score (nSPS) is 23.7. The molecule has 0 radical (unpaired) electrons. The minimum Gasteiger partial charge on any atom is -0.497 e. The summed E-state index contributed by atoms with van der Waals surface area (Å²) in [5, 5.41) is 9.22. The maximum atomic E-state index is 8.95. The highest BCUT2D eigenvalue weighted by atomic mass is 33.1. The smallest absolute Gasteiger partial charge is 0.259 e. The van der Waals surface area contributed by atoms with Crippen molar-refractivity contribution in [3.63, 3.8) is 0 Å². The SMILES string of the molecule is COc1ccc([C@@H]2SSC3(CC3)[C@@H]2OP(OCCC#N)N(C(C)C)C(C)C)cc1. The second kappa shape index (κ2) is 10.2. The van der Waals surface area contributed by atoms with Crippen LogP contribution in [0.15, 0.2) is 24.3 Å². The van der Waals surface area contributed by atoms with Gasteiger partial charge in [0, 0.05) is 12.1 Å². The molecule has 1 aromatic carbocycles. The molecule has 160 valence electrons. The van der Waals surface area contributed by atoms with Gasteiger partial charge in [-0.1, -0.05) is 33.7 Å². The predicted octanol–water partition coefficient (Wildman–Crippen LogP) is 6.33. The van der Waals surface area contributed by atoms with Crippen molar-refractivity contribution < 1.29 is 13.8 Å². The molecule has 1 heterocycles. The third-order valence-electron chi connectivity index (χ3n) is 5.16. The molecule has 3 atom stereocenters. The van der Waals surface area contributed by atoms with Crippen LogP contribution in [0.1, 0.15) is 57.8 Å². The lowest BCUT2D eigenvalue weighted by Gasteiger charge is -2.38. The summed E-state index contributed by atoms with van der Waals surface area (Å²) in [7, 11) is 4.35. The Balaban J connectivity index is 1.83. The van der Waals surface area contributed by atoms with Crippen LogP contribution in [0, 0.1) is 11.3 Å². The summed E-state index contributed by atoms with van der Waals surface area (Å²) in [4.78, 5) is 0. The third kappa shape index (κ3) is 5.42. The van der Waals surface area contributed by atoms with Gasteiger partial charge in [-0.05, 0) is 58.2 Å². The summed E-state index contributed by atoms with van der Waals surface area (Å²) in [5.41, 5.74) is 1.27. The molecular formula is C21H31N2O3PS2. The number of rotatable bonds is 10. The van der Waals surface area contributed by atoms with E-state index in [4.69, 9.17) is 19.0 Å². The molecule has 8 heteroatoms. The Morgan fingerprint density at radius 2 is 1.86 bits per heavy atom. The molecule has 0 aromatic heterocycles. The van der Waals surface area contributed by atoms with Crippen molar-refractivity contribution in [1.29, 1.82) is 5.26 Å². The molecule has 1 unspecified atom stereocenters. The summed E-state index contributed by atoms with van der Waals surface area (Å²) in [6, 6.07) is 11.1. The molecule has 1 spiro atoms. The van der Waals surface area contributed by atoms with Crippen molar-refractivity contribution in [3.05, 3.63) is 29.8 Å². The molecule has 0 bridgehead atoms. The van der Waals surface area contributed by atoms with E-state index in [0.717, 1.165) is 5.75 Å². The molecule has 1 saturated carbocycles. The topological polar surface area (TPSA) is 54.7 Å². The van der Waals surface area contributed by atoms with E-state index in [9.17, 15) is 0 Å². The highest BCUT2D eigenvalue weighted by Gasteiger charge is 2.60. The Morgan fingerprint density at radius 1 is 1.21 bits per heavy atom. The van der Waals surface area contributed by atoms with Gasteiger partial charge in [-0.15, -0.1) is 0 Å². The zero-order chi connectivity index (χ0) is 21.0. The fraction of sp³-hybridized carbons (Fsp3) is 0.667. The van der Waals surface area contributed by atoms with Crippen LogP contribution < -0.4 is 4.74 Å². The van der Waals surface area contributed by atoms with Crippen molar-refractivity contribution in [1.82, 2.24) is 4.67 Å². The van der Waals surface area contributed by atoms with Gasteiger partial charge >= 0.3 is 0 Å². The highest BCUT2D eigenvalue weighted by Crippen LogP contribution is 2.71. The lowest BCUT2D eigenvalue weighted by molar-refractivity contribution is 0.126. The maximum Gasteiger partial charge on any atom is 0.259 e. The van der Waals surface area contributed by atoms with Gasteiger partial charge in [0.1, 0.15) is 5.75 Å². The second-order valence-electron chi connectivity index (χ2n) is 8.01. The summed E-state index contributed by atoms with van der Waals surface area (Å²) < 4.78 is 20.8. The number of hydrogen-bond acceptors (Lipinski definition) is 7. The van der Waals surface area contributed by atoms with E-state index in [1.165, 1.54) is 18.4 Å². The number of nitriles is 1. The molecule has 1 aliphatic heterocycles. The van der Waals surface area contributed by atoms with E-state index >= 15 is 0 Å². The zero-order valence-electron chi connectivity index (χ0n) is 17.8. The van der Waals surface area contributed by atoms with E-state index < -0.39 is 8.53 Å². The molecule has 3 rings (SSSR count). The average molecular weight is 455 g/mol. The predicted molar refractivity (Wildman–Crippen MR) is 123 cm³/mol. The van der Waals surface area contributed by atoms with E-state index in [0.29, 0.717) is 25.1 Å². The largest absolute Gasteiger partial charge is 0.497 e. The Morgan fingerprint density at radius 3 is 2.38 bits per heavy atom. The van der Waals surface area contributed by atoms with Crippen LogP contribution in [0.25, 0.3) is 0 Å². The van der Waals surface area contributed by atoms with Crippen LogP contribution in [0.5, 0.6) is 5.75 Å². The number of hydrogen-bond donors (Lipinski definition) is 0. The minimum atomic E-state index is -1.24. The first-order valence-electron chi connectivity index (χ1n) is 10.2. The number of nitrogens with zero attached hydrogens (tertiary/aromatic N) is 2. The average Bonchev–Trinajstić information content (AvgIpc) is 3.39. The van der Waals surface area contributed by atoms with E-state index in [2.05, 4.69) is 50.6 Å². The third-order valence-corrected chi connectivity index (χ3v) is 11.0. The summed E-state index contributed by atoms with van der Waals surface area (Å²) >= 11 is 0. The van der Waals surface area contributed by atoms with Crippen molar-refractivity contribution in [2.45, 2.75) is 75.1 Å².